The van der Waals surface area contributed by atoms with Crippen LogP contribution in [0.3, 0.4) is 0 Å². The fourth-order valence-corrected chi connectivity index (χ4v) is 3.42. The standard InChI is InChI=1S/C26H27N3O/c1-4-5-15-30-22-13-11-20(12-14-22)25-23-16-18(2)19(3)17-24(23)26(29-28-25)27-21-9-7-6-8-10-21/h6-14,16-17H,4-5,15H2,1-3H3,(H,27,29). The average molecular weight is 398 g/mol. The van der Waals surface area contributed by atoms with Crippen LogP contribution in [0.2, 0.25) is 0 Å². The highest BCUT2D eigenvalue weighted by Gasteiger charge is 2.13. The fourth-order valence-electron chi connectivity index (χ4n) is 3.42. The Labute approximate surface area is 177 Å². The van der Waals surface area contributed by atoms with Gasteiger partial charge in [0.2, 0.25) is 0 Å². The van der Waals surface area contributed by atoms with Crippen LogP contribution < -0.4 is 10.1 Å². The van der Waals surface area contributed by atoms with E-state index >= 15 is 0 Å². The highest BCUT2D eigenvalue weighted by Crippen LogP contribution is 2.33. The van der Waals surface area contributed by atoms with Crippen molar-refractivity contribution in [3.05, 3.63) is 77.9 Å². The van der Waals surface area contributed by atoms with Gasteiger partial charge in [0, 0.05) is 22.0 Å². The maximum atomic E-state index is 5.80. The summed E-state index contributed by atoms with van der Waals surface area (Å²) in [6.07, 6.45) is 2.19. The van der Waals surface area contributed by atoms with Gasteiger partial charge in [0.25, 0.3) is 0 Å². The molecule has 0 aliphatic heterocycles. The molecule has 1 heterocycles. The van der Waals surface area contributed by atoms with E-state index in [0.29, 0.717) is 0 Å². The molecule has 0 fully saturated rings. The van der Waals surface area contributed by atoms with Gasteiger partial charge in [-0.25, -0.2) is 0 Å². The van der Waals surface area contributed by atoms with Crippen LogP contribution in [0, 0.1) is 13.8 Å². The maximum absolute atomic E-state index is 5.80. The van der Waals surface area contributed by atoms with Crippen molar-refractivity contribution in [2.45, 2.75) is 33.6 Å². The first kappa shape index (κ1) is 19.9. The smallest absolute Gasteiger partial charge is 0.161 e. The number of unbranched alkanes of at least 4 members (excludes halogenated alkanes) is 1. The number of hydrogen-bond acceptors (Lipinski definition) is 4. The Kier molecular flexibility index (Phi) is 5.94. The van der Waals surface area contributed by atoms with Crippen LogP contribution in [-0.4, -0.2) is 16.8 Å². The molecule has 152 valence electrons. The minimum atomic E-state index is 0.747. The molecule has 0 saturated carbocycles. The van der Waals surface area contributed by atoms with Gasteiger partial charge in [-0.15, -0.1) is 10.2 Å². The monoisotopic (exact) mass is 397 g/mol. The summed E-state index contributed by atoms with van der Waals surface area (Å²) in [6.45, 7) is 7.17. The molecular weight excluding hydrogens is 370 g/mol. The number of nitrogens with one attached hydrogen (secondary N) is 1. The summed E-state index contributed by atoms with van der Waals surface area (Å²) >= 11 is 0. The van der Waals surface area contributed by atoms with Crippen LogP contribution in [0.5, 0.6) is 5.75 Å². The molecule has 4 rings (SSSR count). The normalized spacial score (nSPS) is 10.9. The van der Waals surface area contributed by atoms with Gasteiger partial charge in [0.15, 0.2) is 5.82 Å². The molecule has 0 bridgehead atoms. The molecule has 0 aliphatic rings. The lowest BCUT2D eigenvalue weighted by Gasteiger charge is -2.14. The van der Waals surface area contributed by atoms with Crippen LogP contribution in [-0.2, 0) is 0 Å². The summed E-state index contributed by atoms with van der Waals surface area (Å²) < 4.78 is 5.80. The lowest BCUT2D eigenvalue weighted by Crippen LogP contribution is -2.00. The molecule has 4 aromatic rings. The second-order valence-corrected chi connectivity index (χ2v) is 7.60. The highest BCUT2D eigenvalue weighted by atomic mass is 16.5. The van der Waals surface area contributed by atoms with E-state index in [9.17, 15) is 0 Å². The molecule has 0 amide bonds. The van der Waals surface area contributed by atoms with Crippen LogP contribution >= 0.6 is 0 Å². The summed E-state index contributed by atoms with van der Waals surface area (Å²) in [7, 11) is 0. The molecule has 30 heavy (non-hydrogen) atoms. The van der Waals surface area contributed by atoms with Crippen molar-refractivity contribution in [1.29, 1.82) is 0 Å². The Morgan fingerprint density at radius 2 is 1.53 bits per heavy atom. The lowest BCUT2D eigenvalue weighted by molar-refractivity contribution is 0.309. The number of para-hydroxylation sites is 1. The third-order valence-electron chi connectivity index (χ3n) is 5.33. The predicted octanol–water partition coefficient (Wildman–Crippen LogP) is 6.84. The average Bonchev–Trinajstić information content (AvgIpc) is 2.77. The van der Waals surface area contributed by atoms with Gasteiger partial charge in [0.1, 0.15) is 11.4 Å². The summed E-state index contributed by atoms with van der Waals surface area (Å²) in [5.74, 6) is 1.65. The number of nitrogens with zero attached hydrogens (tertiary/aromatic N) is 2. The maximum Gasteiger partial charge on any atom is 0.161 e. The van der Waals surface area contributed by atoms with Crippen molar-refractivity contribution in [3.63, 3.8) is 0 Å². The Morgan fingerprint density at radius 3 is 2.23 bits per heavy atom. The quantitative estimate of drug-likeness (QED) is 0.347. The number of ether oxygens (including phenoxy) is 1. The molecule has 1 N–H and O–H groups in total. The first-order valence-corrected chi connectivity index (χ1v) is 10.5. The molecule has 0 radical (unpaired) electrons. The summed E-state index contributed by atoms with van der Waals surface area (Å²) in [6, 6.07) is 22.6. The number of anilines is 2. The molecule has 0 saturated heterocycles. The highest BCUT2D eigenvalue weighted by molar-refractivity contribution is 6.01. The third-order valence-corrected chi connectivity index (χ3v) is 5.33. The summed E-state index contributed by atoms with van der Waals surface area (Å²) in [5, 5.41) is 14.7. The van der Waals surface area contributed by atoms with E-state index < -0.39 is 0 Å². The van der Waals surface area contributed by atoms with Crippen molar-refractivity contribution in [1.82, 2.24) is 10.2 Å². The second-order valence-electron chi connectivity index (χ2n) is 7.60. The van der Waals surface area contributed by atoms with Gasteiger partial charge in [-0.3, -0.25) is 0 Å². The minimum absolute atomic E-state index is 0.747. The van der Waals surface area contributed by atoms with Gasteiger partial charge in [-0.1, -0.05) is 31.5 Å². The van der Waals surface area contributed by atoms with Crippen molar-refractivity contribution in [3.8, 4) is 17.0 Å². The largest absolute Gasteiger partial charge is 0.494 e. The van der Waals surface area contributed by atoms with Gasteiger partial charge in [-0.2, -0.15) is 0 Å². The number of aryl methyl sites for hydroxylation is 2. The zero-order chi connectivity index (χ0) is 20.9. The zero-order valence-electron chi connectivity index (χ0n) is 17.8. The Hall–Kier alpha value is -3.40. The van der Waals surface area contributed by atoms with Gasteiger partial charge < -0.3 is 10.1 Å². The number of benzene rings is 3. The van der Waals surface area contributed by atoms with E-state index in [1.807, 2.05) is 42.5 Å². The Morgan fingerprint density at radius 1 is 0.833 bits per heavy atom. The van der Waals surface area contributed by atoms with Gasteiger partial charge in [0.05, 0.1) is 6.61 Å². The van der Waals surface area contributed by atoms with Crippen molar-refractivity contribution in [2.24, 2.45) is 0 Å². The van der Waals surface area contributed by atoms with Crippen LogP contribution in [0.1, 0.15) is 30.9 Å². The Bertz CT molecular complexity index is 1140. The first-order valence-electron chi connectivity index (χ1n) is 10.5. The molecule has 0 atom stereocenters. The van der Waals surface area contributed by atoms with E-state index in [1.54, 1.807) is 0 Å². The van der Waals surface area contributed by atoms with Gasteiger partial charge >= 0.3 is 0 Å². The van der Waals surface area contributed by atoms with E-state index in [0.717, 1.165) is 58.7 Å². The van der Waals surface area contributed by atoms with E-state index in [4.69, 9.17) is 4.74 Å². The third kappa shape index (κ3) is 4.28. The van der Waals surface area contributed by atoms with Crippen LogP contribution in [0.15, 0.2) is 66.7 Å². The minimum Gasteiger partial charge on any atom is -0.494 e. The van der Waals surface area contributed by atoms with Crippen molar-refractivity contribution in [2.75, 3.05) is 11.9 Å². The topological polar surface area (TPSA) is 47.0 Å². The molecular formula is C26H27N3O. The zero-order valence-corrected chi connectivity index (χ0v) is 17.8. The molecule has 0 unspecified atom stereocenters. The number of hydrogen-bond donors (Lipinski definition) is 1. The van der Waals surface area contributed by atoms with E-state index in [2.05, 4.69) is 60.6 Å². The number of aromatic nitrogens is 2. The lowest BCUT2D eigenvalue weighted by atomic mass is 9.99. The molecule has 0 spiro atoms. The number of fused-ring (bicyclic) bond motifs is 1. The molecule has 4 heteroatoms. The number of rotatable bonds is 7. The predicted molar refractivity (Wildman–Crippen MR) is 125 cm³/mol. The van der Waals surface area contributed by atoms with Gasteiger partial charge in [-0.05, 0) is 79.9 Å². The van der Waals surface area contributed by atoms with E-state index in [-0.39, 0.29) is 0 Å². The summed E-state index contributed by atoms with van der Waals surface area (Å²) in [4.78, 5) is 0. The molecule has 3 aromatic carbocycles. The first-order chi connectivity index (χ1) is 14.7. The van der Waals surface area contributed by atoms with Crippen LogP contribution in [0.4, 0.5) is 11.5 Å². The SMILES string of the molecule is CCCCOc1ccc(-c2nnc(Nc3ccccc3)c3cc(C)c(C)cc23)cc1. The van der Waals surface area contributed by atoms with E-state index in [1.165, 1.54) is 11.1 Å². The second kappa shape index (κ2) is 8.95. The fraction of sp³-hybridized carbons (Fsp3) is 0.231. The summed E-state index contributed by atoms with van der Waals surface area (Å²) in [5.41, 5.74) is 5.38. The molecule has 0 aliphatic carbocycles. The Balaban J connectivity index is 1.74. The van der Waals surface area contributed by atoms with Crippen molar-refractivity contribution < 1.29 is 4.74 Å². The van der Waals surface area contributed by atoms with Crippen LogP contribution in [0.25, 0.3) is 22.0 Å². The van der Waals surface area contributed by atoms with Crippen molar-refractivity contribution >= 4 is 22.3 Å². The molecule has 4 nitrogen and oxygen atoms in total. The molecule has 1 aromatic heterocycles.